The Morgan fingerprint density at radius 2 is 1.65 bits per heavy atom. The minimum Gasteiger partial charge on any atom is -0.462 e. The summed E-state index contributed by atoms with van der Waals surface area (Å²) in [6.07, 6.45) is 1.85. The van der Waals surface area contributed by atoms with Crippen molar-refractivity contribution < 1.29 is 14.3 Å². The molecule has 1 fully saturated rings. The van der Waals surface area contributed by atoms with Crippen LogP contribution in [0.15, 0.2) is 72.9 Å². The third-order valence-corrected chi connectivity index (χ3v) is 6.81. The molecule has 1 aliphatic rings. The number of amides is 1. The molecule has 2 aromatic heterocycles. The van der Waals surface area contributed by atoms with E-state index in [2.05, 4.69) is 28.1 Å². The lowest BCUT2D eigenvalue weighted by molar-refractivity contribution is -0.130. The van der Waals surface area contributed by atoms with Crippen molar-refractivity contribution in [2.24, 2.45) is 0 Å². The van der Waals surface area contributed by atoms with Gasteiger partial charge in [0.1, 0.15) is 5.82 Å². The van der Waals surface area contributed by atoms with Gasteiger partial charge in [-0.2, -0.15) is 0 Å². The van der Waals surface area contributed by atoms with Crippen molar-refractivity contribution in [2.45, 2.75) is 20.3 Å². The lowest BCUT2D eigenvalue weighted by atomic mass is 9.92. The minimum absolute atomic E-state index is 0.0997. The van der Waals surface area contributed by atoms with Crippen LogP contribution in [0.4, 0.5) is 5.82 Å². The second-order valence-corrected chi connectivity index (χ2v) is 9.10. The first-order valence-electron chi connectivity index (χ1n) is 12.6. The summed E-state index contributed by atoms with van der Waals surface area (Å²) in [5.74, 6) is 0.522. The van der Waals surface area contributed by atoms with Crippen molar-refractivity contribution in [3.8, 4) is 11.1 Å². The Balaban J connectivity index is 1.32. The number of piperazine rings is 1. The SMILES string of the molecule is CCOC(=O)c1ccc(N2CCN(C(=O)Cc3c(C)nc4ccccc4c3-c3ccccc3)CC2)nc1. The van der Waals surface area contributed by atoms with Crippen molar-refractivity contribution in [2.75, 3.05) is 37.7 Å². The molecule has 0 saturated carbocycles. The number of pyridine rings is 2. The quantitative estimate of drug-likeness (QED) is 0.363. The molecule has 37 heavy (non-hydrogen) atoms. The van der Waals surface area contributed by atoms with Crippen molar-refractivity contribution >= 4 is 28.6 Å². The third-order valence-electron chi connectivity index (χ3n) is 6.81. The Morgan fingerprint density at radius 3 is 2.35 bits per heavy atom. The van der Waals surface area contributed by atoms with Crippen LogP contribution < -0.4 is 4.90 Å². The number of carbonyl (C=O) groups is 2. The van der Waals surface area contributed by atoms with E-state index >= 15 is 0 Å². The second kappa shape index (κ2) is 10.8. The topological polar surface area (TPSA) is 75.6 Å². The Hall–Kier alpha value is -4.26. The maximum Gasteiger partial charge on any atom is 0.339 e. The van der Waals surface area contributed by atoms with E-state index in [1.807, 2.05) is 54.3 Å². The van der Waals surface area contributed by atoms with Gasteiger partial charge in [-0.05, 0) is 48.7 Å². The Kier molecular flexibility index (Phi) is 7.12. The van der Waals surface area contributed by atoms with Gasteiger partial charge in [0.15, 0.2) is 0 Å². The summed E-state index contributed by atoms with van der Waals surface area (Å²) in [5.41, 5.74) is 5.41. The molecular formula is C30H30N4O3. The molecule has 0 spiro atoms. The van der Waals surface area contributed by atoms with E-state index in [1.165, 1.54) is 0 Å². The second-order valence-electron chi connectivity index (χ2n) is 9.10. The number of ether oxygens (including phenoxy) is 1. The van der Waals surface area contributed by atoms with Gasteiger partial charge in [0.2, 0.25) is 5.91 Å². The average Bonchev–Trinajstić information content (AvgIpc) is 2.94. The normalized spacial score (nSPS) is 13.6. The average molecular weight is 495 g/mol. The monoisotopic (exact) mass is 494 g/mol. The predicted octanol–water partition coefficient (Wildman–Crippen LogP) is 4.67. The molecule has 0 unspecified atom stereocenters. The molecule has 7 heteroatoms. The van der Waals surface area contributed by atoms with Crippen LogP contribution in [0.2, 0.25) is 0 Å². The van der Waals surface area contributed by atoms with Crippen molar-refractivity contribution in [3.05, 3.63) is 89.7 Å². The van der Waals surface area contributed by atoms with Crippen LogP contribution in [-0.4, -0.2) is 59.5 Å². The van der Waals surface area contributed by atoms with Crippen LogP contribution in [0.5, 0.6) is 0 Å². The number of nitrogens with zero attached hydrogens (tertiary/aromatic N) is 4. The molecule has 1 saturated heterocycles. The fourth-order valence-corrected chi connectivity index (χ4v) is 4.88. The Morgan fingerprint density at radius 1 is 0.919 bits per heavy atom. The van der Waals surface area contributed by atoms with E-state index in [1.54, 1.807) is 19.2 Å². The number of anilines is 1. The molecule has 7 nitrogen and oxygen atoms in total. The van der Waals surface area contributed by atoms with E-state index < -0.39 is 0 Å². The van der Waals surface area contributed by atoms with E-state index in [0.717, 1.165) is 39.1 Å². The molecule has 188 valence electrons. The number of hydrogen-bond acceptors (Lipinski definition) is 6. The summed E-state index contributed by atoms with van der Waals surface area (Å²) < 4.78 is 5.03. The number of benzene rings is 2. The number of para-hydroxylation sites is 1. The lowest BCUT2D eigenvalue weighted by Gasteiger charge is -2.35. The number of aryl methyl sites for hydroxylation is 1. The van der Waals surface area contributed by atoms with Gasteiger partial charge in [-0.25, -0.2) is 9.78 Å². The summed E-state index contributed by atoms with van der Waals surface area (Å²) in [6.45, 7) is 6.68. The summed E-state index contributed by atoms with van der Waals surface area (Å²) in [7, 11) is 0. The van der Waals surface area contributed by atoms with E-state index in [9.17, 15) is 9.59 Å². The Labute approximate surface area is 216 Å². The largest absolute Gasteiger partial charge is 0.462 e. The summed E-state index contributed by atoms with van der Waals surface area (Å²) in [4.78, 5) is 38.7. The smallest absolute Gasteiger partial charge is 0.339 e. The van der Waals surface area contributed by atoms with E-state index in [0.29, 0.717) is 44.8 Å². The number of carbonyl (C=O) groups excluding carboxylic acids is 2. The first-order chi connectivity index (χ1) is 18.0. The van der Waals surface area contributed by atoms with Crippen LogP contribution in [-0.2, 0) is 16.0 Å². The number of hydrogen-bond donors (Lipinski definition) is 0. The highest BCUT2D eigenvalue weighted by atomic mass is 16.5. The van der Waals surface area contributed by atoms with Gasteiger partial charge < -0.3 is 14.5 Å². The summed E-state index contributed by atoms with van der Waals surface area (Å²) in [6, 6.07) is 21.9. The first kappa shape index (κ1) is 24.4. The van der Waals surface area contributed by atoms with Gasteiger partial charge >= 0.3 is 5.97 Å². The van der Waals surface area contributed by atoms with Gasteiger partial charge in [0.25, 0.3) is 0 Å². The molecule has 2 aromatic carbocycles. The molecule has 0 atom stereocenters. The Bertz CT molecular complexity index is 1410. The highest BCUT2D eigenvalue weighted by Gasteiger charge is 2.25. The molecule has 0 aliphatic carbocycles. The number of aromatic nitrogens is 2. The standard InChI is InChI=1S/C30H30N4O3/c1-3-37-30(36)23-13-14-27(31-20-23)33-15-17-34(18-16-33)28(35)19-25-21(2)32-26-12-8-7-11-24(26)29(25)22-9-5-4-6-10-22/h4-14,20H,3,15-19H2,1-2H3. The van der Waals surface area contributed by atoms with Crippen LogP contribution in [0, 0.1) is 6.92 Å². The zero-order valence-corrected chi connectivity index (χ0v) is 21.2. The zero-order valence-electron chi connectivity index (χ0n) is 21.2. The maximum absolute atomic E-state index is 13.5. The third kappa shape index (κ3) is 5.16. The molecule has 5 rings (SSSR count). The minimum atomic E-state index is -0.370. The fourth-order valence-electron chi connectivity index (χ4n) is 4.88. The molecule has 1 aliphatic heterocycles. The van der Waals surface area contributed by atoms with E-state index in [4.69, 9.17) is 9.72 Å². The summed E-state index contributed by atoms with van der Waals surface area (Å²) >= 11 is 0. The maximum atomic E-state index is 13.5. The van der Waals surface area contributed by atoms with E-state index in [-0.39, 0.29) is 11.9 Å². The van der Waals surface area contributed by atoms with Crippen LogP contribution in [0.1, 0.15) is 28.5 Å². The van der Waals surface area contributed by atoms with Crippen LogP contribution in [0.25, 0.3) is 22.0 Å². The molecule has 3 heterocycles. The number of esters is 1. The summed E-state index contributed by atoms with van der Waals surface area (Å²) in [5, 5.41) is 1.06. The molecule has 1 amide bonds. The van der Waals surface area contributed by atoms with Gasteiger partial charge in [-0.3, -0.25) is 9.78 Å². The van der Waals surface area contributed by atoms with Crippen LogP contribution in [0.3, 0.4) is 0 Å². The highest BCUT2D eigenvalue weighted by molar-refractivity contribution is 5.98. The van der Waals surface area contributed by atoms with Crippen molar-refractivity contribution in [1.82, 2.24) is 14.9 Å². The first-order valence-corrected chi connectivity index (χ1v) is 12.6. The van der Waals surface area contributed by atoms with Gasteiger partial charge in [0.05, 0.1) is 24.1 Å². The number of fused-ring (bicyclic) bond motifs is 1. The molecule has 0 bridgehead atoms. The lowest BCUT2D eigenvalue weighted by Crippen LogP contribution is -2.49. The van der Waals surface area contributed by atoms with Crippen molar-refractivity contribution in [1.29, 1.82) is 0 Å². The van der Waals surface area contributed by atoms with Crippen molar-refractivity contribution in [3.63, 3.8) is 0 Å². The highest BCUT2D eigenvalue weighted by Crippen LogP contribution is 2.33. The molecule has 0 radical (unpaired) electrons. The van der Waals surface area contributed by atoms with Gasteiger partial charge in [0, 0.05) is 43.5 Å². The molecule has 0 N–H and O–H groups in total. The van der Waals surface area contributed by atoms with Crippen LogP contribution >= 0.6 is 0 Å². The zero-order chi connectivity index (χ0) is 25.8. The van der Waals surface area contributed by atoms with Gasteiger partial charge in [-0.15, -0.1) is 0 Å². The number of rotatable bonds is 6. The molecular weight excluding hydrogens is 464 g/mol. The van der Waals surface area contributed by atoms with Gasteiger partial charge in [-0.1, -0.05) is 48.5 Å². The predicted molar refractivity (Wildman–Crippen MR) is 145 cm³/mol. The fraction of sp³-hybridized carbons (Fsp3) is 0.267. The molecule has 4 aromatic rings.